The van der Waals surface area contributed by atoms with Crippen molar-refractivity contribution in [3.63, 3.8) is 0 Å². The lowest BCUT2D eigenvalue weighted by atomic mass is 9.97. The largest absolute Gasteiger partial charge is 0.508 e. The summed E-state index contributed by atoms with van der Waals surface area (Å²) in [5.41, 5.74) is 2.42. The molecule has 0 aliphatic carbocycles. The zero-order valence-corrected chi connectivity index (χ0v) is 10.7. The van der Waals surface area contributed by atoms with Crippen molar-refractivity contribution in [3.05, 3.63) is 23.8 Å². The van der Waals surface area contributed by atoms with Crippen LogP contribution in [0.25, 0.3) is 0 Å². The molecular weight excluding hydrogens is 212 g/mol. The van der Waals surface area contributed by atoms with Crippen molar-refractivity contribution in [1.82, 2.24) is 4.90 Å². The van der Waals surface area contributed by atoms with Crippen molar-refractivity contribution in [2.75, 3.05) is 25.0 Å². The molecule has 1 heterocycles. The predicted octanol–water partition coefficient (Wildman–Crippen LogP) is 2.46. The highest BCUT2D eigenvalue weighted by Gasteiger charge is 2.19. The molecule has 1 aromatic rings. The van der Waals surface area contributed by atoms with E-state index in [9.17, 15) is 5.11 Å². The number of anilines is 1. The molecule has 94 valence electrons. The molecule has 2 N–H and O–H groups in total. The second-order valence-corrected chi connectivity index (χ2v) is 4.71. The van der Waals surface area contributed by atoms with Gasteiger partial charge in [-0.1, -0.05) is 13.8 Å². The van der Waals surface area contributed by atoms with Gasteiger partial charge in [-0.05, 0) is 49.7 Å². The number of phenols is 1. The van der Waals surface area contributed by atoms with E-state index in [2.05, 4.69) is 24.1 Å². The van der Waals surface area contributed by atoms with Crippen molar-refractivity contribution in [2.24, 2.45) is 0 Å². The fourth-order valence-corrected chi connectivity index (χ4v) is 2.48. The van der Waals surface area contributed by atoms with Gasteiger partial charge in [0.05, 0.1) is 0 Å². The summed E-state index contributed by atoms with van der Waals surface area (Å²) >= 11 is 0. The van der Waals surface area contributed by atoms with Crippen LogP contribution in [0.1, 0.15) is 25.8 Å². The van der Waals surface area contributed by atoms with E-state index in [1.807, 2.05) is 12.1 Å². The van der Waals surface area contributed by atoms with Crippen molar-refractivity contribution < 1.29 is 5.11 Å². The Balaban J connectivity index is 2.01. The zero-order chi connectivity index (χ0) is 12.3. The molecule has 1 aliphatic rings. The summed E-state index contributed by atoms with van der Waals surface area (Å²) in [7, 11) is 0. The van der Waals surface area contributed by atoms with E-state index in [1.165, 1.54) is 11.3 Å². The number of aromatic hydroxyl groups is 1. The highest BCUT2D eigenvalue weighted by molar-refractivity contribution is 5.56. The van der Waals surface area contributed by atoms with Gasteiger partial charge in [0.1, 0.15) is 5.75 Å². The van der Waals surface area contributed by atoms with Gasteiger partial charge in [0.15, 0.2) is 0 Å². The van der Waals surface area contributed by atoms with Crippen LogP contribution in [-0.2, 0) is 6.42 Å². The molecule has 1 unspecified atom stereocenters. The Labute approximate surface area is 103 Å². The third-order valence-corrected chi connectivity index (χ3v) is 3.58. The van der Waals surface area contributed by atoms with Gasteiger partial charge in [0, 0.05) is 18.3 Å². The van der Waals surface area contributed by atoms with Crippen molar-refractivity contribution in [3.8, 4) is 5.75 Å². The zero-order valence-electron chi connectivity index (χ0n) is 10.7. The second kappa shape index (κ2) is 5.41. The highest BCUT2D eigenvalue weighted by atomic mass is 16.3. The van der Waals surface area contributed by atoms with Crippen LogP contribution in [0.3, 0.4) is 0 Å². The number of phenolic OH excluding ortho intramolecular Hbond substituents is 1. The Kier molecular flexibility index (Phi) is 3.89. The lowest BCUT2D eigenvalue weighted by molar-refractivity contribution is 0.283. The molecule has 3 heteroatoms. The first-order valence-corrected chi connectivity index (χ1v) is 6.53. The molecule has 0 radical (unpaired) electrons. The molecule has 1 atom stereocenters. The van der Waals surface area contributed by atoms with Crippen LogP contribution in [0.15, 0.2) is 18.2 Å². The highest BCUT2D eigenvalue weighted by Crippen LogP contribution is 2.28. The minimum absolute atomic E-state index is 0.368. The maximum atomic E-state index is 9.44. The number of hydrogen-bond acceptors (Lipinski definition) is 3. The van der Waals surface area contributed by atoms with Gasteiger partial charge in [-0.3, -0.25) is 0 Å². The number of nitrogens with one attached hydrogen (secondary N) is 1. The van der Waals surface area contributed by atoms with Gasteiger partial charge in [-0.15, -0.1) is 0 Å². The van der Waals surface area contributed by atoms with Crippen LogP contribution in [0.4, 0.5) is 5.69 Å². The Hall–Kier alpha value is -1.22. The van der Waals surface area contributed by atoms with Crippen LogP contribution in [0.2, 0.25) is 0 Å². The monoisotopic (exact) mass is 234 g/mol. The van der Waals surface area contributed by atoms with Gasteiger partial charge in [0.25, 0.3) is 0 Å². The molecule has 0 amide bonds. The summed E-state index contributed by atoms with van der Waals surface area (Å²) in [5, 5.41) is 13.0. The van der Waals surface area contributed by atoms with Crippen molar-refractivity contribution in [2.45, 2.75) is 32.7 Å². The van der Waals surface area contributed by atoms with E-state index in [4.69, 9.17) is 0 Å². The fourth-order valence-electron chi connectivity index (χ4n) is 2.48. The Morgan fingerprint density at radius 3 is 2.82 bits per heavy atom. The molecule has 0 fully saturated rings. The molecule has 0 saturated carbocycles. The van der Waals surface area contributed by atoms with E-state index in [0.29, 0.717) is 11.8 Å². The molecule has 1 aliphatic heterocycles. The van der Waals surface area contributed by atoms with Crippen LogP contribution < -0.4 is 5.32 Å². The van der Waals surface area contributed by atoms with Crippen molar-refractivity contribution >= 4 is 5.69 Å². The number of hydrogen-bond donors (Lipinski definition) is 2. The number of rotatable bonds is 4. The quantitative estimate of drug-likeness (QED) is 0.786. The van der Waals surface area contributed by atoms with Gasteiger partial charge in [-0.2, -0.15) is 0 Å². The van der Waals surface area contributed by atoms with Crippen LogP contribution >= 0.6 is 0 Å². The summed E-state index contributed by atoms with van der Waals surface area (Å²) in [6.07, 6.45) is 2.20. The number of likely N-dealkylation sites (N-methyl/N-ethyl adjacent to an activating group) is 1. The number of fused-ring (bicyclic) bond motifs is 1. The SMILES string of the molecule is CCN(CC)CC1CCc2cc(O)ccc2N1. The van der Waals surface area contributed by atoms with Crippen LogP contribution in [0.5, 0.6) is 5.75 Å². The molecule has 0 saturated heterocycles. The van der Waals surface area contributed by atoms with Gasteiger partial charge < -0.3 is 15.3 Å². The average molecular weight is 234 g/mol. The Morgan fingerprint density at radius 2 is 2.12 bits per heavy atom. The third kappa shape index (κ3) is 2.91. The normalized spacial score (nSPS) is 18.9. The predicted molar refractivity (Wildman–Crippen MR) is 71.6 cm³/mol. The third-order valence-electron chi connectivity index (χ3n) is 3.58. The summed E-state index contributed by atoms with van der Waals surface area (Å²) < 4.78 is 0. The molecule has 1 aromatic carbocycles. The summed E-state index contributed by atoms with van der Waals surface area (Å²) in [6.45, 7) is 7.73. The van der Waals surface area contributed by atoms with Gasteiger partial charge in [-0.25, -0.2) is 0 Å². The van der Waals surface area contributed by atoms with E-state index in [-0.39, 0.29) is 0 Å². The summed E-state index contributed by atoms with van der Waals surface area (Å²) in [5.74, 6) is 0.368. The molecule has 0 bridgehead atoms. The van der Waals surface area contributed by atoms with Gasteiger partial charge in [0.2, 0.25) is 0 Å². The standard InChI is InChI=1S/C14H22N2O/c1-3-16(4-2)10-12-6-5-11-9-13(17)7-8-14(11)15-12/h7-9,12,15,17H,3-6,10H2,1-2H3. The van der Waals surface area contributed by atoms with E-state index in [0.717, 1.165) is 32.5 Å². The van der Waals surface area contributed by atoms with Crippen LogP contribution in [0, 0.1) is 0 Å². The van der Waals surface area contributed by atoms with Crippen molar-refractivity contribution in [1.29, 1.82) is 0 Å². The first-order chi connectivity index (χ1) is 8.22. The minimum atomic E-state index is 0.368. The lowest BCUT2D eigenvalue weighted by Crippen LogP contribution is -2.38. The summed E-state index contributed by atoms with van der Waals surface area (Å²) in [4.78, 5) is 2.45. The number of aryl methyl sites for hydroxylation is 1. The Bertz CT molecular complexity index is 374. The number of benzene rings is 1. The average Bonchev–Trinajstić information content (AvgIpc) is 2.36. The van der Waals surface area contributed by atoms with Gasteiger partial charge >= 0.3 is 0 Å². The molecule has 2 rings (SSSR count). The molecule has 0 spiro atoms. The maximum Gasteiger partial charge on any atom is 0.116 e. The van der Waals surface area contributed by atoms with E-state index >= 15 is 0 Å². The molecule has 17 heavy (non-hydrogen) atoms. The fraction of sp³-hybridized carbons (Fsp3) is 0.571. The molecule has 0 aromatic heterocycles. The van der Waals surface area contributed by atoms with E-state index in [1.54, 1.807) is 6.07 Å². The van der Waals surface area contributed by atoms with Crippen LogP contribution in [-0.4, -0.2) is 35.7 Å². The summed E-state index contributed by atoms with van der Waals surface area (Å²) in [6, 6.07) is 6.15. The second-order valence-electron chi connectivity index (χ2n) is 4.71. The smallest absolute Gasteiger partial charge is 0.116 e. The maximum absolute atomic E-state index is 9.44. The molecular formula is C14H22N2O. The lowest BCUT2D eigenvalue weighted by Gasteiger charge is -2.31. The van der Waals surface area contributed by atoms with E-state index < -0.39 is 0 Å². The molecule has 3 nitrogen and oxygen atoms in total. The number of nitrogens with zero attached hydrogens (tertiary/aromatic N) is 1. The first kappa shape index (κ1) is 12.2. The first-order valence-electron chi connectivity index (χ1n) is 6.53. The Morgan fingerprint density at radius 1 is 1.35 bits per heavy atom. The minimum Gasteiger partial charge on any atom is -0.508 e. The topological polar surface area (TPSA) is 35.5 Å².